The van der Waals surface area contributed by atoms with Crippen LogP contribution >= 0.6 is 0 Å². The van der Waals surface area contributed by atoms with E-state index in [2.05, 4.69) is 0 Å². The van der Waals surface area contributed by atoms with Crippen LogP contribution in [-0.4, -0.2) is 69.3 Å². The molecule has 0 aromatic heterocycles. The first-order valence-corrected chi connectivity index (χ1v) is 9.08. The van der Waals surface area contributed by atoms with Gasteiger partial charge in [-0.3, -0.25) is 4.79 Å². The summed E-state index contributed by atoms with van der Waals surface area (Å²) in [6.07, 6.45) is 0.383. The van der Waals surface area contributed by atoms with Crippen LogP contribution < -0.4 is 4.74 Å². The largest absolute Gasteiger partial charge is 0.507 e. The molecule has 1 atom stereocenters. The minimum atomic E-state index is -3.14. The Morgan fingerprint density at radius 2 is 2.13 bits per heavy atom. The van der Waals surface area contributed by atoms with Crippen molar-refractivity contribution in [1.82, 2.24) is 4.90 Å². The van der Waals surface area contributed by atoms with E-state index in [1.54, 1.807) is 12.1 Å². The zero-order valence-electron chi connectivity index (χ0n) is 13.2. The molecule has 128 valence electrons. The second kappa shape index (κ2) is 7.18. The number of carbonyl (C=O) groups excluding carboxylic acids is 1. The molecule has 23 heavy (non-hydrogen) atoms. The van der Waals surface area contributed by atoms with Crippen LogP contribution in [0.2, 0.25) is 0 Å². The van der Waals surface area contributed by atoms with Crippen LogP contribution in [0, 0.1) is 0 Å². The first-order valence-electron chi connectivity index (χ1n) is 7.26. The van der Waals surface area contributed by atoms with E-state index in [1.165, 1.54) is 25.2 Å². The Hall–Kier alpha value is -1.80. The minimum absolute atomic E-state index is 0.0374. The number of carbonyl (C=O) groups is 1. The zero-order chi connectivity index (χ0) is 17.0. The van der Waals surface area contributed by atoms with Crippen LogP contribution in [0.25, 0.3) is 0 Å². The average Bonchev–Trinajstić information content (AvgIpc) is 2.87. The third-order valence-corrected chi connectivity index (χ3v) is 5.63. The number of hydrogen-bond acceptors (Lipinski definition) is 6. The van der Waals surface area contributed by atoms with E-state index in [9.17, 15) is 18.3 Å². The SMILES string of the molecule is COCCN(C(=O)c1c(O)cccc1OC)C1CCS(=O)(=O)C1. The smallest absolute Gasteiger partial charge is 0.261 e. The van der Waals surface area contributed by atoms with E-state index in [0.29, 0.717) is 6.42 Å². The Balaban J connectivity index is 2.34. The van der Waals surface area contributed by atoms with Crippen molar-refractivity contribution in [3.63, 3.8) is 0 Å². The van der Waals surface area contributed by atoms with Gasteiger partial charge in [0.05, 0.1) is 25.2 Å². The average molecular weight is 343 g/mol. The molecule has 1 N–H and O–H groups in total. The summed E-state index contributed by atoms with van der Waals surface area (Å²) < 4.78 is 33.6. The number of rotatable bonds is 6. The molecule has 7 nitrogen and oxygen atoms in total. The van der Waals surface area contributed by atoms with Gasteiger partial charge in [0.1, 0.15) is 17.1 Å². The van der Waals surface area contributed by atoms with Crippen molar-refractivity contribution in [1.29, 1.82) is 0 Å². The summed E-state index contributed by atoms with van der Waals surface area (Å²) in [7, 11) is -0.219. The molecule has 2 rings (SSSR count). The summed E-state index contributed by atoms with van der Waals surface area (Å²) >= 11 is 0. The van der Waals surface area contributed by atoms with Crippen molar-refractivity contribution in [2.45, 2.75) is 12.5 Å². The van der Waals surface area contributed by atoms with Gasteiger partial charge < -0.3 is 19.5 Å². The van der Waals surface area contributed by atoms with Crippen molar-refractivity contribution < 1.29 is 27.8 Å². The Bertz CT molecular complexity index is 673. The number of nitrogens with zero attached hydrogens (tertiary/aromatic N) is 1. The fourth-order valence-electron chi connectivity index (χ4n) is 2.71. The molecule has 0 bridgehead atoms. The van der Waals surface area contributed by atoms with Gasteiger partial charge >= 0.3 is 0 Å². The normalized spacial score (nSPS) is 19.5. The van der Waals surface area contributed by atoms with Crippen molar-refractivity contribution in [2.24, 2.45) is 0 Å². The fraction of sp³-hybridized carbons (Fsp3) is 0.533. The molecule has 1 heterocycles. The second-order valence-corrected chi connectivity index (χ2v) is 7.63. The standard InChI is InChI=1S/C15H21NO6S/c1-21-8-7-16(11-6-9-23(19,20)10-11)15(18)14-12(17)4-3-5-13(14)22-2/h3-5,11,17H,6-10H2,1-2H3. The van der Waals surface area contributed by atoms with E-state index >= 15 is 0 Å². The number of amides is 1. The number of phenols is 1. The van der Waals surface area contributed by atoms with Crippen LogP contribution in [0.3, 0.4) is 0 Å². The van der Waals surface area contributed by atoms with Gasteiger partial charge in [0.25, 0.3) is 5.91 Å². The molecular formula is C15H21NO6S. The maximum absolute atomic E-state index is 12.9. The van der Waals surface area contributed by atoms with Crippen molar-refractivity contribution >= 4 is 15.7 Å². The molecular weight excluding hydrogens is 322 g/mol. The number of sulfone groups is 1. The number of benzene rings is 1. The maximum atomic E-state index is 12.9. The van der Waals surface area contributed by atoms with Crippen molar-refractivity contribution in [3.8, 4) is 11.5 Å². The molecule has 1 unspecified atom stereocenters. The lowest BCUT2D eigenvalue weighted by Crippen LogP contribution is -2.43. The van der Waals surface area contributed by atoms with Crippen LogP contribution in [0.15, 0.2) is 18.2 Å². The van der Waals surface area contributed by atoms with E-state index < -0.39 is 21.8 Å². The van der Waals surface area contributed by atoms with E-state index in [0.717, 1.165) is 0 Å². The molecule has 0 radical (unpaired) electrons. The molecule has 1 aromatic carbocycles. The summed E-state index contributed by atoms with van der Waals surface area (Å²) in [5.74, 6) is -0.417. The maximum Gasteiger partial charge on any atom is 0.261 e. The number of methoxy groups -OCH3 is 2. The number of aromatic hydroxyl groups is 1. The highest BCUT2D eigenvalue weighted by Crippen LogP contribution is 2.30. The van der Waals surface area contributed by atoms with Gasteiger partial charge in [-0.05, 0) is 18.6 Å². The quantitative estimate of drug-likeness (QED) is 0.816. The van der Waals surface area contributed by atoms with Gasteiger partial charge in [0, 0.05) is 19.7 Å². The summed E-state index contributed by atoms with van der Waals surface area (Å²) in [5, 5.41) is 10.0. The molecule has 8 heteroatoms. The highest BCUT2D eigenvalue weighted by atomic mass is 32.2. The molecule has 1 aliphatic rings. The molecule has 0 saturated carbocycles. The molecule has 0 spiro atoms. The van der Waals surface area contributed by atoms with Crippen molar-refractivity contribution in [3.05, 3.63) is 23.8 Å². The van der Waals surface area contributed by atoms with Gasteiger partial charge in [0.2, 0.25) is 0 Å². The Morgan fingerprint density at radius 1 is 1.39 bits per heavy atom. The third kappa shape index (κ3) is 3.94. The Kier molecular flexibility index (Phi) is 5.48. The topological polar surface area (TPSA) is 93.1 Å². The van der Waals surface area contributed by atoms with Crippen LogP contribution in [0.5, 0.6) is 11.5 Å². The first-order chi connectivity index (χ1) is 10.9. The van der Waals surface area contributed by atoms with Gasteiger partial charge in [-0.25, -0.2) is 8.42 Å². The summed E-state index contributed by atoms with van der Waals surface area (Å²) in [5.41, 5.74) is 0.0374. The minimum Gasteiger partial charge on any atom is -0.507 e. The summed E-state index contributed by atoms with van der Waals surface area (Å²) in [6.45, 7) is 0.519. The van der Waals surface area contributed by atoms with Crippen LogP contribution in [0.4, 0.5) is 0 Å². The lowest BCUT2D eigenvalue weighted by atomic mass is 10.1. The van der Waals surface area contributed by atoms with Crippen LogP contribution in [0.1, 0.15) is 16.8 Å². The monoisotopic (exact) mass is 343 g/mol. The Labute approximate surface area is 135 Å². The van der Waals surface area contributed by atoms with E-state index in [-0.39, 0.29) is 41.7 Å². The molecule has 1 saturated heterocycles. The van der Waals surface area contributed by atoms with Gasteiger partial charge in [-0.1, -0.05) is 6.07 Å². The lowest BCUT2D eigenvalue weighted by molar-refractivity contribution is 0.0618. The number of hydrogen-bond donors (Lipinski definition) is 1. The highest BCUT2D eigenvalue weighted by Gasteiger charge is 2.36. The molecule has 0 aliphatic carbocycles. The van der Waals surface area contributed by atoms with Crippen LogP contribution in [-0.2, 0) is 14.6 Å². The highest BCUT2D eigenvalue weighted by molar-refractivity contribution is 7.91. The summed E-state index contributed by atoms with van der Waals surface area (Å²) in [4.78, 5) is 14.3. The van der Waals surface area contributed by atoms with E-state index in [1.807, 2.05) is 0 Å². The number of phenolic OH excluding ortho intramolecular Hbond substituents is 1. The third-order valence-electron chi connectivity index (χ3n) is 3.88. The fourth-order valence-corrected chi connectivity index (χ4v) is 4.44. The van der Waals surface area contributed by atoms with Crippen molar-refractivity contribution in [2.75, 3.05) is 38.9 Å². The van der Waals surface area contributed by atoms with Gasteiger partial charge in [0.15, 0.2) is 9.84 Å². The predicted molar refractivity (Wildman–Crippen MR) is 84.6 cm³/mol. The zero-order valence-corrected chi connectivity index (χ0v) is 14.0. The van der Waals surface area contributed by atoms with Gasteiger partial charge in [-0.15, -0.1) is 0 Å². The summed E-state index contributed by atoms with van der Waals surface area (Å²) in [6, 6.07) is 4.12. The molecule has 1 aromatic rings. The number of ether oxygens (including phenoxy) is 2. The molecule has 1 fully saturated rings. The lowest BCUT2D eigenvalue weighted by Gasteiger charge is -2.28. The predicted octanol–water partition coefficient (Wildman–Crippen LogP) is 0.676. The van der Waals surface area contributed by atoms with Gasteiger partial charge in [-0.2, -0.15) is 0 Å². The first kappa shape index (κ1) is 17.6. The molecule has 1 aliphatic heterocycles. The Morgan fingerprint density at radius 3 is 2.70 bits per heavy atom. The van der Waals surface area contributed by atoms with E-state index in [4.69, 9.17) is 9.47 Å². The molecule has 1 amide bonds. The second-order valence-electron chi connectivity index (χ2n) is 5.40.